The molecule has 102 valence electrons. The van der Waals surface area contributed by atoms with E-state index in [1.807, 2.05) is 40.7 Å². The second kappa shape index (κ2) is 5.45. The molecule has 0 aromatic heterocycles. The van der Waals surface area contributed by atoms with Crippen LogP contribution in [0.5, 0.6) is 0 Å². The van der Waals surface area contributed by atoms with Gasteiger partial charge in [-0.2, -0.15) is 0 Å². The molecule has 19 heavy (non-hydrogen) atoms. The van der Waals surface area contributed by atoms with Crippen molar-refractivity contribution in [3.05, 3.63) is 28.8 Å². The third-order valence-corrected chi connectivity index (χ3v) is 2.86. The smallest absolute Gasteiger partial charge is 0.408 e. The SMILES string of the molecule is [B]c1ccc(C(C)(C)NC(=O)OC(C)(C)C)cc1Cl. The predicted molar refractivity (Wildman–Crippen MR) is 79.2 cm³/mol. The van der Waals surface area contributed by atoms with Gasteiger partial charge in [-0.05, 0) is 46.2 Å². The molecule has 1 aromatic rings. The van der Waals surface area contributed by atoms with Crippen molar-refractivity contribution in [2.75, 3.05) is 0 Å². The van der Waals surface area contributed by atoms with Crippen LogP contribution in [0.2, 0.25) is 5.02 Å². The number of carbonyl (C=O) groups is 1. The van der Waals surface area contributed by atoms with Crippen LogP contribution in [0.1, 0.15) is 40.2 Å². The van der Waals surface area contributed by atoms with E-state index in [1.54, 1.807) is 12.1 Å². The molecule has 0 saturated heterocycles. The number of amides is 1. The van der Waals surface area contributed by atoms with E-state index in [0.717, 1.165) is 5.56 Å². The standard InChI is InChI=1S/C14H19BClNO2/c1-13(2,3)19-12(18)17-14(4,5)9-6-7-10(15)11(16)8-9/h6-8H,1-5H3,(H,17,18). The second-order valence-electron chi connectivity index (χ2n) is 5.99. The van der Waals surface area contributed by atoms with Crippen molar-refractivity contribution in [3.63, 3.8) is 0 Å². The Balaban J connectivity index is 2.86. The van der Waals surface area contributed by atoms with Crippen LogP contribution in [-0.2, 0) is 10.3 Å². The third kappa shape index (κ3) is 4.79. The lowest BCUT2D eigenvalue weighted by molar-refractivity contribution is 0.0470. The fourth-order valence-corrected chi connectivity index (χ4v) is 1.73. The van der Waals surface area contributed by atoms with Crippen molar-refractivity contribution < 1.29 is 9.53 Å². The highest BCUT2D eigenvalue weighted by Gasteiger charge is 2.26. The van der Waals surface area contributed by atoms with Crippen LogP contribution in [0.15, 0.2) is 18.2 Å². The van der Waals surface area contributed by atoms with Crippen LogP contribution in [-0.4, -0.2) is 19.5 Å². The first-order valence-corrected chi connectivity index (χ1v) is 6.46. The van der Waals surface area contributed by atoms with Gasteiger partial charge in [-0.15, -0.1) is 0 Å². The summed E-state index contributed by atoms with van der Waals surface area (Å²) in [6.45, 7) is 9.20. The maximum Gasteiger partial charge on any atom is 0.408 e. The minimum absolute atomic E-state index is 0.467. The summed E-state index contributed by atoms with van der Waals surface area (Å²) < 4.78 is 5.24. The molecule has 0 aliphatic carbocycles. The molecule has 1 rings (SSSR count). The van der Waals surface area contributed by atoms with E-state index >= 15 is 0 Å². The zero-order valence-electron chi connectivity index (χ0n) is 12.0. The summed E-state index contributed by atoms with van der Waals surface area (Å²) in [4.78, 5) is 11.8. The summed E-state index contributed by atoms with van der Waals surface area (Å²) in [5.74, 6) is 0. The summed E-state index contributed by atoms with van der Waals surface area (Å²) >= 11 is 5.99. The molecule has 3 nitrogen and oxygen atoms in total. The molecule has 0 aliphatic heterocycles. The van der Waals surface area contributed by atoms with Gasteiger partial charge in [-0.3, -0.25) is 0 Å². The molecule has 1 N–H and O–H groups in total. The summed E-state index contributed by atoms with van der Waals surface area (Å²) in [5, 5.41) is 3.28. The van der Waals surface area contributed by atoms with Crippen molar-refractivity contribution in [3.8, 4) is 0 Å². The number of benzene rings is 1. The van der Waals surface area contributed by atoms with Gasteiger partial charge < -0.3 is 10.1 Å². The molecule has 0 aliphatic rings. The quantitative estimate of drug-likeness (QED) is 0.845. The first-order chi connectivity index (χ1) is 8.51. The van der Waals surface area contributed by atoms with Crippen molar-refractivity contribution in [1.29, 1.82) is 0 Å². The predicted octanol–water partition coefficient (Wildman–Crippen LogP) is 2.89. The van der Waals surface area contributed by atoms with E-state index < -0.39 is 17.2 Å². The molecular formula is C14H19BClNO2. The first-order valence-electron chi connectivity index (χ1n) is 6.08. The van der Waals surface area contributed by atoms with Crippen molar-refractivity contribution in [2.45, 2.75) is 45.8 Å². The number of halogens is 1. The maximum absolute atomic E-state index is 11.8. The summed E-state index contributed by atoms with van der Waals surface area (Å²) in [6.07, 6.45) is -0.467. The number of alkyl carbamates (subject to hydrolysis) is 1. The van der Waals surface area contributed by atoms with Gasteiger partial charge in [0.2, 0.25) is 0 Å². The van der Waals surface area contributed by atoms with Crippen LogP contribution in [0.3, 0.4) is 0 Å². The highest BCUT2D eigenvalue weighted by Crippen LogP contribution is 2.22. The van der Waals surface area contributed by atoms with Gasteiger partial charge in [0.1, 0.15) is 13.4 Å². The average Bonchev–Trinajstić information content (AvgIpc) is 2.17. The van der Waals surface area contributed by atoms with Gasteiger partial charge in [-0.25, -0.2) is 4.79 Å². The molecule has 0 saturated carbocycles. The van der Waals surface area contributed by atoms with Crippen LogP contribution < -0.4 is 10.8 Å². The summed E-state index contributed by atoms with van der Waals surface area (Å²) in [7, 11) is 5.67. The van der Waals surface area contributed by atoms with E-state index in [4.69, 9.17) is 24.2 Å². The molecule has 0 fully saturated rings. The number of carbonyl (C=O) groups excluding carboxylic acids is 1. The van der Waals surface area contributed by atoms with E-state index in [0.29, 0.717) is 10.5 Å². The fourth-order valence-electron chi connectivity index (χ4n) is 1.55. The molecular weight excluding hydrogens is 260 g/mol. The number of rotatable bonds is 2. The minimum Gasteiger partial charge on any atom is -0.444 e. The highest BCUT2D eigenvalue weighted by molar-refractivity contribution is 6.45. The zero-order chi connectivity index (χ0) is 14.8. The minimum atomic E-state index is -0.598. The largest absolute Gasteiger partial charge is 0.444 e. The number of hydrogen-bond acceptors (Lipinski definition) is 2. The summed E-state index contributed by atoms with van der Waals surface area (Å²) in [5.41, 5.74) is 0.245. The number of hydrogen-bond donors (Lipinski definition) is 1. The van der Waals surface area contributed by atoms with Crippen LogP contribution in [0.4, 0.5) is 4.79 Å². The Morgan fingerprint density at radius 1 is 1.26 bits per heavy atom. The van der Waals surface area contributed by atoms with E-state index in [9.17, 15) is 4.79 Å². The first kappa shape index (κ1) is 15.9. The molecule has 1 amide bonds. The molecule has 1 aromatic carbocycles. The van der Waals surface area contributed by atoms with Crippen molar-refractivity contribution >= 4 is 31.0 Å². The Kier molecular flexibility index (Phi) is 4.56. The molecule has 0 spiro atoms. The highest BCUT2D eigenvalue weighted by atomic mass is 35.5. The van der Waals surface area contributed by atoms with E-state index in [-0.39, 0.29) is 0 Å². The van der Waals surface area contributed by atoms with E-state index in [1.165, 1.54) is 0 Å². The van der Waals surface area contributed by atoms with Gasteiger partial charge >= 0.3 is 6.09 Å². The normalized spacial score (nSPS) is 12.1. The van der Waals surface area contributed by atoms with Gasteiger partial charge in [0.05, 0.1) is 5.54 Å². The fraction of sp³-hybridized carbons (Fsp3) is 0.500. The number of ether oxygens (including phenoxy) is 1. The Bertz CT molecular complexity index is 481. The van der Waals surface area contributed by atoms with Gasteiger partial charge in [0.15, 0.2) is 0 Å². The molecule has 0 unspecified atom stereocenters. The molecule has 5 heteroatoms. The Hall–Kier alpha value is -1.16. The lowest BCUT2D eigenvalue weighted by Gasteiger charge is -2.29. The average molecular weight is 280 g/mol. The molecule has 2 radical (unpaired) electrons. The summed E-state index contributed by atoms with van der Waals surface area (Å²) in [6, 6.07) is 5.29. The monoisotopic (exact) mass is 279 g/mol. The lowest BCUT2D eigenvalue weighted by Crippen LogP contribution is -2.43. The topological polar surface area (TPSA) is 38.3 Å². The lowest BCUT2D eigenvalue weighted by atomic mass is 9.89. The Morgan fingerprint density at radius 3 is 2.32 bits per heavy atom. The van der Waals surface area contributed by atoms with Crippen molar-refractivity contribution in [2.24, 2.45) is 0 Å². The van der Waals surface area contributed by atoms with Gasteiger partial charge in [0, 0.05) is 5.02 Å². The molecule has 0 heterocycles. The Labute approximate surface area is 121 Å². The second-order valence-corrected chi connectivity index (χ2v) is 6.40. The van der Waals surface area contributed by atoms with Crippen LogP contribution in [0.25, 0.3) is 0 Å². The van der Waals surface area contributed by atoms with E-state index in [2.05, 4.69) is 5.32 Å². The number of nitrogens with one attached hydrogen (secondary N) is 1. The zero-order valence-corrected chi connectivity index (χ0v) is 12.8. The Morgan fingerprint density at radius 2 is 1.84 bits per heavy atom. The van der Waals surface area contributed by atoms with Crippen LogP contribution in [0, 0.1) is 0 Å². The van der Waals surface area contributed by atoms with Gasteiger partial charge in [0.25, 0.3) is 0 Å². The van der Waals surface area contributed by atoms with Crippen LogP contribution >= 0.6 is 11.6 Å². The molecule has 0 bridgehead atoms. The van der Waals surface area contributed by atoms with Gasteiger partial charge in [-0.1, -0.05) is 29.2 Å². The third-order valence-electron chi connectivity index (χ3n) is 2.54. The van der Waals surface area contributed by atoms with Crippen molar-refractivity contribution in [1.82, 2.24) is 5.32 Å². The molecule has 0 atom stereocenters. The maximum atomic E-state index is 11.8.